The maximum absolute atomic E-state index is 12.7. The predicted molar refractivity (Wildman–Crippen MR) is 125 cm³/mol. The Labute approximate surface area is 197 Å². The van der Waals surface area contributed by atoms with Crippen molar-refractivity contribution in [1.82, 2.24) is 4.90 Å². The molecule has 1 heterocycles. The van der Waals surface area contributed by atoms with Crippen LogP contribution in [0.4, 0.5) is 13.2 Å². The van der Waals surface area contributed by atoms with Gasteiger partial charge in [-0.25, -0.2) is 0 Å². The van der Waals surface area contributed by atoms with E-state index in [9.17, 15) is 13.2 Å². The van der Waals surface area contributed by atoms with Crippen molar-refractivity contribution in [3.63, 3.8) is 0 Å². The number of alkyl halides is 3. The molecule has 1 saturated heterocycles. The highest BCUT2D eigenvalue weighted by atomic mass is 32.1. The number of rotatable bonds is 9. The van der Waals surface area contributed by atoms with Crippen LogP contribution in [0.1, 0.15) is 36.0 Å². The van der Waals surface area contributed by atoms with Gasteiger partial charge < -0.3 is 19.2 Å². The molecule has 2 aromatic rings. The maximum Gasteiger partial charge on any atom is 0.416 e. The fraction of sp³-hybridized carbons (Fsp3) is 0.417. The number of likely N-dealkylation sites (tertiary alicyclic amines) is 1. The number of nitrogens with zero attached hydrogens (tertiary/aromatic N) is 2. The number of ether oxygens (including phenoxy) is 2. The molecule has 0 atom stereocenters. The second-order valence-electron chi connectivity index (χ2n) is 7.69. The largest absolute Gasteiger partial charge is 0.486 e. The molecule has 0 radical (unpaired) electrons. The van der Waals surface area contributed by atoms with Crippen molar-refractivity contribution in [3.8, 4) is 5.75 Å². The average Bonchev–Trinajstić information content (AvgIpc) is 2.83. The maximum atomic E-state index is 12.7. The zero-order chi connectivity index (χ0) is 23.7. The van der Waals surface area contributed by atoms with Crippen LogP contribution in [0.15, 0.2) is 53.7 Å². The Balaban J connectivity index is 1.54. The second kappa shape index (κ2) is 12.0. The van der Waals surface area contributed by atoms with Crippen LogP contribution in [0, 0.1) is 0 Å². The number of thiocarbonyl (C=S) groups is 1. The molecule has 5 nitrogen and oxygen atoms in total. The fourth-order valence-electron chi connectivity index (χ4n) is 3.40. The third-order valence-corrected chi connectivity index (χ3v) is 5.60. The summed E-state index contributed by atoms with van der Waals surface area (Å²) in [7, 11) is 1.55. The van der Waals surface area contributed by atoms with E-state index in [1.807, 2.05) is 24.3 Å². The van der Waals surface area contributed by atoms with E-state index in [0.717, 1.165) is 48.6 Å². The van der Waals surface area contributed by atoms with Crippen LogP contribution in [-0.4, -0.2) is 49.0 Å². The molecular weight excluding hydrogens is 453 g/mol. The monoisotopic (exact) mass is 480 g/mol. The predicted octanol–water partition coefficient (Wildman–Crippen LogP) is 5.46. The van der Waals surface area contributed by atoms with Crippen LogP contribution in [0.2, 0.25) is 0 Å². The molecule has 0 spiro atoms. The molecule has 1 aliphatic heterocycles. The number of benzene rings is 2. The fourth-order valence-corrected chi connectivity index (χ4v) is 3.64. The third-order valence-electron chi connectivity index (χ3n) is 5.23. The standard InChI is InChI=1S/C24H27F3N2O3S/c1-30-16-22(28-32-15-18-5-9-20(10-6-18)24(25,26)27)19-7-11-21(12-8-19)31-17-23(33)29-13-3-2-4-14-29/h5-12H,2-4,13-17H2,1H3/b28-22+. The van der Waals surface area contributed by atoms with E-state index >= 15 is 0 Å². The molecule has 1 fully saturated rings. The Morgan fingerprint density at radius 3 is 2.24 bits per heavy atom. The van der Waals surface area contributed by atoms with Crippen molar-refractivity contribution < 1.29 is 27.5 Å². The van der Waals surface area contributed by atoms with Crippen molar-refractivity contribution in [2.75, 3.05) is 33.4 Å². The smallest absolute Gasteiger partial charge is 0.416 e. The van der Waals surface area contributed by atoms with E-state index < -0.39 is 11.7 Å². The zero-order valence-corrected chi connectivity index (χ0v) is 19.3. The normalized spacial score (nSPS) is 14.8. The summed E-state index contributed by atoms with van der Waals surface area (Å²) in [6, 6.07) is 12.1. The Morgan fingerprint density at radius 2 is 1.64 bits per heavy atom. The molecule has 3 rings (SSSR count). The van der Waals surface area contributed by atoms with E-state index in [0.29, 0.717) is 23.6 Å². The molecular formula is C24H27F3N2O3S. The average molecular weight is 481 g/mol. The summed E-state index contributed by atoms with van der Waals surface area (Å²) in [6.07, 6.45) is -0.785. The highest BCUT2D eigenvalue weighted by Gasteiger charge is 2.29. The summed E-state index contributed by atoms with van der Waals surface area (Å²) in [5, 5.41) is 4.12. The Hall–Kier alpha value is -2.65. The molecule has 0 aromatic heterocycles. The first kappa shape index (κ1) is 25.0. The van der Waals surface area contributed by atoms with Gasteiger partial charge in [-0.2, -0.15) is 13.2 Å². The van der Waals surface area contributed by atoms with E-state index in [4.69, 9.17) is 26.5 Å². The van der Waals surface area contributed by atoms with Gasteiger partial charge in [0.15, 0.2) is 0 Å². The first-order valence-corrected chi connectivity index (χ1v) is 11.1. The molecule has 2 aromatic carbocycles. The van der Waals surface area contributed by atoms with Gasteiger partial charge in [0.05, 0.1) is 12.2 Å². The molecule has 0 aliphatic carbocycles. The molecule has 178 valence electrons. The molecule has 0 saturated carbocycles. The summed E-state index contributed by atoms with van der Waals surface area (Å²) >= 11 is 5.48. The van der Waals surface area contributed by atoms with Gasteiger partial charge in [-0.1, -0.05) is 29.5 Å². The van der Waals surface area contributed by atoms with Crippen LogP contribution < -0.4 is 4.74 Å². The number of piperidine rings is 1. The lowest BCUT2D eigenvalue weighted by molar-refractivity contribution is -0.137. The third kappa shape index (κ3) is 7.71. The van der Waals surface area contributed by atoms with Crippen LogP contribution in [0.5, 0.6) is 5.75 Å². The van der Waals surface area contributed by atoms with Crippen molar-refractivity contribution in [2.24, 2.45) is 5.16 Å². The molecule has 9 heteroatoms. The first-order chi connectivity index (χ1) is 15.9. The van der Waals surface area contributed by atoms with E-state index in [1.54, 1.807) is 7.11 Å². The Kier molecular flexibility index (Phi) is 9.08. The topological polar surface area (TPSA) is 43.3 Å². The van der Waals surface area contributed by atoms with Gasteiger partial charge in [0.25, 0.3) is 0 Å². The summed E-state index contributed by atoms with van der Waals surface area (Å²) in [5.74, 6) is 0.695. The lowest BCUT2D eigenvalue weighted by Crippen LogP contribution is -2.37. The second-order valence-corrected chi connectivity index (χ2v) is 8.16. The SMILES string of the molecule is COC/C(=N\OCc1ccc(C(F)(F)F)cc1)c1ccc(OCC(=S)N2CCCCC2)cc1. The quantitative estimate of drug-likeness (QED) is 0.271. The summed E-state index contributed by atoms with van der Waals surface area (Å²) in [6.45, 7) is 2.60. The van der Waals surface area contributed by atoms with E-state index in [-0.39, 0.29) is 13.2 Å². The number of methoxy groups -OCH3 is 1. The van der Waals surface area contributed by atoms with Gasteiger partial charge in [0.1, 0.15) is 29.7 Å². The summed E-state index contributed by atoms with van der Waals surface area (Å²) < 4.78 is 49.0. The number of hydrogen-bond donors (Lipinski definition) is 0. The number of halogens is 3. The van der Waals surface area contributed by atoms with Gasteiger partial charge in [-0.3, -0.25) is 0 Å². The number of oxime groups is 1. The minimum Gasteiger partial charge on any atom is -0.486 e. The van der Waals surface area contributed by atoms with Gasteiger partial charge >= 0.3 is 6.18 Å². The lowest BCUT2D eigenvalue weighted by atomic mass is 10.1. The Bertz CT molecular complexity index is 925. The zero-order valence-electron chi connectivity index (χ0n) is 18.4. The summed E-state index contributed by atoms with van der Waals surface area (Å²) in [4.78, 5) is 8.38. The van der Waals surface area contributed by atoms with Gasteiger partial charge in [0, 0.05) is 25.8 Å². The molecule has 1 aliphatic rings. The van der Waals surface area contributed by atoms with Crippen molar-refractivity contribution in [2.45, 2.75) is 32.0 Å². The van der Waals surface area contributed by atoms with Gasteiger partial charge in [0.2, 0.25) is 0 Å². The van der Waals surface area contributed by atoms with Crippen LogP contribution in [0.25, 0.3) is 0 Å². The van der Waals surface area contributed by atoms with Crippen LogP contribution >= 0.6 is 12.2 Å². The van der Waals surface area contributed by atoms with Crippen molar-refractivity contribution in [1.29, 1.82) is 0 Å². The van der Waals surface area contributed by atoms with Crippen molar-refractivity contribution >= 4 is 22.9 Å². The molecule has 0 bridgehead atoms. The first-order valence-electron chi connectivity index (χ1n) is 10.7. The van der Waals surface area contributed by atoms with E-state index in [1.165, 1.54) is 18.6 Å². The Morgan fingerprint density at radius 1 is 0.970 bits per heavy atom. The molecule has 0 unspecified atom stereocenters. The van der Waals surface area contributed by atoms with Crippen LogP contribution in [-0.2, 0) is 22.4 Å². The van der Waals surface area contributed by atoms with Gasteiger partial charge in [-0.05, 0) is 61.2 Å². The molecule has 0 N–H and O–H groups in total. The minimum absolute atomic E-state index is 0.0422. The molecule has 0 amide bonds. The summed E-state index contributed by atoms with van der Waals surface area (Å²) in [5.41, 5.74) is 1.22. The van der Waals surface area contributed by atoms with Gasteiger partial charge in [-0.15, -0.1) is 0 Å². The highest BCUT2D eigenvalue weighted by Crippen LogP contribution is 2.29. The van der Waals surface area contributed by atoms with Crippen LogP contribution in [0.3, 0.4) is 0 Å². The highest BCUT2D eigenvalue weighted by molar-refractivity contribution is 7.80. The number of hydrogen-bond acceptors (Lipinski definition) is 5. The minimum atomic E-state index is -4.36. The van der Waals surface area contributed by atoms with E-state index in [2.05, 4.69) is 10.1 Å². The lowest BCUT2D eigenvalue weighted by Gasteiger charge is -2.28. The molecule has 33 heavy (non-hydrogen) atoms. The van der Waals surface area contributed by atoms with Crippen molar-refractivity contribution in [3.05, 3.63) is 65.2 Å².